The van der Waals surface area contributed by atoms with E-state index in [4.69, 9.17) is 4.84 Å². The molecule has 0 aliphatic rings. The van der Waals surface area contributed by atoms with Crippen LogP contribution in [0.1, 0.15) is 10.4 Å². The van der Waals surface area contributed by atoms with E-state index in [-0.39, 0.29) is 16.0 Å². The molecule has 4 aromatic rings. The van der Waals surface area contributed by atoms with Gasteiger partial charge >= 0.3 is 0 Å². The summed E-state index contributed by atoms with van der Waals surface area (Å²) < 4.78 is 26.8. The number of hydrogen-bond acceptors (Lipinski definition) is 7. The van der Waals surface area contributed by atoms with Gasteiger partial charge in [-0.15, -0.1) is 0 Å². The molecule has 2 aromatic carbocycles. The SMILES string of the molecule is CON(C)S(=O)(=O)c1ccc(C(=O)Nc2ccccc2-n2ncc3c(=O)[nH]cnc32)cc1. The van der Waals surface area contributed by atoms with Gasteiger partial charge in [-0.05, 0) is 36.4 Å². The van der Waals surface area contributed by atoms with Gasteiger partial charge in [-0.25, -0.2) is 18.1 Å². The molecule has 0 unspecified atom stereocenters. The van der Waals surface area contributed by atoms with Crippen LogP contribution >= 0.6 is 0 Å². The number of fused-ring (bicyclic) bond motifs is 1. The third-order valence-corrected chi connectivity index (χ3v) is 6.46. The number of H-pyrrole nitrogens is 1. The molecule has 2 heterocycles. The normalized spacial score (nSPS) is 11.7. The van der Waals surface area contributed by atoms with Crippen molar-refractivity contribution in [3.63, 3.8) is 0 Å². The molecule has 2 N–H and O–H groups in total. The average Bonchev–Trinajstić information content (AvgIpc) is 3.24. The minimum Gasteiger partial charge on any atom is -0.320 e. The molecule has 11 nitrogen and oxygen atoms in total. The molecule has 12 heteroatoms. The predicted octanol–water partition coefficient (Wildman–Crippen LogP) is 1.54. The standard InChI is InChI=1S/C20H18N6O5S/c1-25(31-2)32(29,30)14-9-7-13(8-10-14)19(27)24-16-5-3-4-6-17(16)26-18-15(11-23-26)20(28)22-12-21-18/h3-12H,1-2H3,(H,24,27)(H,21,22,28). The smallest absolute Gasteiger partial charge is 0.264 e. The number of amides is 1. The number of para-hydroxylation sites is 2. The Kier molecular flexibility index (Phi) is 5.57. The van der Waals surface area contributed by atoms with Crippen LogP contribution in [0, 0.1) is 0 Å². The second-order valence-electron chi connectivity index (χ2n) is 6.62. The van der Waals surface area contributed by atoms with E-state index in [9.17, 15) is 18.0 Å². The maximum atomic E-state index is 12.8. The summed E-state index contributed by atoms with van der Waals surface area (Å²) in [6, 6.07) is 12.4. The van der Waals surface area contributed by atoms with Crippen molar-refractivity contribution in [2.24, 2.45) is 0 Å². The average molecular weight is 454 g/mol. The maximum absolute atomic E-state index is 12.8. The maximum Gasteiger partial charge on any atom is 0.264 e. The highest BCUT2D eigenvalue weighted by atomic mass is 32.2. The van der Waals surface area contributed by atoms with E-state index in [0.717, 1.165) is 4.47 Å². The number of anilines is 1. The van der Waals surface area contributed by atoms with Gasteiger partial charge in [0.25, 0.3) is 21.5 Å². The Morgan fingerprint density at radius 2 is 1.88 bits per heavy atom. The fourth-order valence-corrected chi connectivity index (χ4v) is 3.99. The van der Waals surface area contributed by atoms with Gasteiger partial charge in [-0.1, -0.05) is 16.6 Å². The fraction of sp³-hybridized carbons (Fsp3) is 0.100. The second-order valence-corrected chi connectivity index (χ2v) is 8.55. The molecule has 0 spiro atoms. The Morgan fingerprint density at radius 3 is 2.59 bits per heavy atom. The monoisotopic (exact) mass is 454 g/mol. The summed E-state index contributed by atoms with van der Waals surface area (Å²) in [5, 5.41) is 7.33. The van der Waals surface area contributed by atoms with E-state index in [0.29, 0.717) is 22.4 Å². The molecule has 0 fully saturated rings. The lowest BCUT2D eigenvalue weighted by Crippen LogP contribution is -2.25. The van der Waals surface area contributed by atoms with Gasteiger partial charge < -0.3 is 10.3 Å². The zero-order valence-corrected chi connectivity index (χ0v) is 17.8. The summed E-state index contributed by atoms with van der Waals surface area (Å²) in [5.74, 6) is -0.455. The number of carbonyl (C=O) groups excluding carboxylic acids is 1. The lowest BCUT2D eigenvalue weighted by Gasteiger charge is -2.14. The molecule has 2 aromatic heterocycles. The van der Waals surface area contributed by atoms with E-state index in [1.165, 1.54) is 55.6 Å². The van der Waals surface area contributed by atoms with Crippen LogP contribution in [0.5, 0.6) is 0 Å². The van der Waals surface area contributed by atoms with Gasteiger partial charge in [0.1, 0.15) is 5.39 Å². The molecule has 164 valence electrons. The molecule has 0 atom stereocenters. The van der Waals surface area contributed by atoms with Crippen LogP contribution in [0.15, 0.2) is 70.7 Å². The Morgan fingerprint density at radius 1 is 1.16 bits per heavy atom. The summed E-state index contributed by atoms with van der Waals surface area (Å²) in [4.78, 5) is 36.2. The number of hydroxylamine groups is 1. The van der Waals surface area contributed by atoms with Crippen LogP contribution in [0.3, 0.4) is 0 Å². The molecule has 0 saturated heterocycles. The minimum atomic E-state index is -3.82. The molecule has 0 aliphatic heterocycles. The first-order valence-corrected chi connectivity index (χ1v) is 10.7. The minimum absolute atomic E-state index is 0.0156. The number of rotatable bonds is 6. The molecule has 0 radical (unpaired) electrons. The Balaban J connectivity index is 1.64. The molecule has 32 heavy (non-hydrogen) atoms. The summed E-state index contributed by atoms with van der Waals surface area (Å²) in [7, 11) is -1.30. The summed E-state index contributed by atoms with van der Waals surface area (Å²) in [6.45, 7) is 0. The first kappa shape index (κ1) is 21.4. The van der Waals surface area contributed by atoms with E-state index in [1.54, 1.807) is 24.3 Å². The van der Waals surface area contributed by atoms with Crippen molar-refractivity contribution in [3.8, 4) is 5.69 Å². The van der Waals surface area contributed by atoms with Crippen molar-refractivity contribution >= 4 is 32.7 Å². The van der Waals surface area contributed by atoms with Gasteiger partial charge in [0.15, 0.2) is 5.65 Å². The Hall–Kier alpha value is -3.87. The van der Waals surface area contributed by atoms with E-state index < -0.39 is 15.9 Å². The molecule has 0 bridgehead atoms. The fourth-order valence-electron chi connectivity index (χ4n) is 3.02. The van der Waals surface area contributed by atoms with Gasteiger partial charge in [-0.2, -0.15) is 5.10 Å². The van der Waals surface area contributed by atoms with Crippen molar-refractivity contribution in [1.82, 2.24) is 24.2 Å². The van der Waals surface area contributed by atoms with Crippen molar-refractivity contribution in [2.45, 2.75) is 4.90 Å². The molecule has 4 rings (SSSR count). The number of aromatic nitrogens is 4. The molecule has 1 amide bonds. The number of nitrogens with one attached hydrogen (secondary N) is 2. The first-order valence-electron chi connectivity index (χ1n) is 9.28. The summed E-state index contributed by atoms with van der Waals surface area (Å²) >= 11 is 0. The highest BCUT2D eigenvalue weighted by molar-refractivity contribution is 7.89. The lowest BCUT2D eigenvalue weighted by atomic mass is 10.2. The predicted molar refractivity (Wildman–Crippen MR) is 116 cm³/mol. The summed E-state index contributed by atoms with van der Waals surface area (Å²) in [6.07, 6.45) is 2.68. The van der Waals surface area contributed by atoms with Crippen LogP contribution in [-0.2, 0) is 14.9 Å². The van der Waals surface area contributed by atoms with E-state index in [2.05, 4.69) is 20.4 Å². The third kappa shape index (κ3) is 3.77. The second kappa shape index (κ2) is 8.34. The van der Waals surface area contributed by atoms with Crippen molar-refractivity contribution < 1.29 is 18.0 Å². The number of nitrogens with zero attached hydrogens (tertiary/aromatic N) is 4. The zero-order chi connectivity index (χ0) is 22.9. The third-order valence-electron chi connectivity index (χ3n) is 4.76. The quantitative estimate of drug-likeness (QED) is 0.421. The van der Waals surface area contributed by atoms with Crippen molar-refractivity contribution in [2.75, 3.05) is 19.5 Å². The lowest BCUT2D eigenvalue weighted by molar-refractivity contribution is -0.0258. The van der Waals surface area contributed by atoms with E-state index >= 15 is 0 Å². The van der Waals surface area contributed by atoms with Crippen LogP contribution in [0.2, 0.25) is 0 Å². The first-order chi connectivity index (χ1) is 15.3. The van der Waals surface area contributed by atoms with Crippen LogP contribution in [0.25, 0.3) is 16.7 Å². The van der Waals surface area contributed by atoms with Crippen molar-refractivity contribution in [1.29, 1.82) is 0 Å². The molecular formula is C20H18N6O5S. The van der Waals surface area contributed by atoms with Gasteiger partial charge in [-0.3, -0.25) is 14.4 Å². The van der Waals surface area contributed by atoms with E-state index in [1.807, 2.05) is 0 Å². The Labute approximate surface area is 182 Å². The zero-order valence-electron chi connectivity index (χ0n) is 17.0. The number of carbonyl (C=O) groups is 1. The van der Waals surface area contributed by atoms with Crippen LogP contribution in [-0.4, -0.2) is 52.7 Å². The highest BCUT2D eigenvalue weighted by Crippen LogP contribution is 2.23. The Bertz CT molecular complexity index is 1460. The number of sulfonamides is 1. The van der Waals surface area contributed by atoms with Crippen LogP contribution in [0.4, 0.5) is 5.69 Å². The van der Waals surface area contributed by atoms with Gasteiger partial charge in [0.05, 0.1) is 35.9 Å². The highest BCUT2D eigenvalue weighted by Gasteiger charge is 2.21. The summed E-state index contributed by atoms with van der Waals surface area (Å²) in [5.41, 5.74) is 1.21. The van der Waals surface area contributed by atoms with Crippen LogP contribution < -0.4 is 10.9 Å². The number of hydrogen-bond donors (Lipinski definition) is 2. The molecule has 0 saturated carbocycles. The topological polar surface area (TPSA) is 139 Å². The number of aromatic amines is 1. The van der Waals surface area contributed by atoms with Gasteiger partial charge in [0.2, 0.25) is 0 Å². The number of benzene rings is 2. The van der Waals surface area contributed by atoms with Crippen molar-refractivity contribution in [3.05, 3.63) is 77.0 Å². The van der Waals surface area contributed by atoms with Gasteiger partial charge in [0, 0.05) is 12.6 Å². The molecular weight excluding hydrogens is 436 g/mol. The largest absolute Gasteiger partial charge is 0.320 e. The molecule has 0 aliphatic carbocycles.